The lowest BCUT2D eigenvalue weighted by Crippen LogP contribution is -2.55. The van der Waals surface area contributed by atoms with E-state index in [1.807, 2.05) is 6.20 Å². The van der Waals surface area contributed by atoms with Gasteiger partial charge in [-0.1, -0.05) is 19.4 Å². The summed E-state index contributed by atoms with van der Waals surface area (Å²) < 4.78 is 39.2. The van der Waals surface area contributed by atoms with E-state index in [1.165, 1.54) is 37.1 Å². The molecule has 8 heteroatoms. The van der Waals surface area contributed by atoms with E-state index in [1.54, 1.807) is 6.07 Å². The highest BCUT2D eigenvalue weighted by atomic mass is 19.4. The summed E-state index contributed by atoms with van der Waals surface area (Å²) in [6, 6.07) is 6.22. The zero-order chi connectivity index (χ0) is 22.6. The van der Waals surface area contributed by atoms with Gasteiger partial charge >= 0.3 is 6.18 Å². The Kier molecular flexibility index (Phi) is 7.40. The molecular weight excluding hydrogens is 415 g/mol. The fourth-order valence-electron chi connectivity index (χ4n) is 4.90. The molecule has 0 aliphatic carbocycles. The molecule has 3 heterocycles. The topological polar surface area (TPSA) is 38.4 Å². The fraction of sp³-hybridized carbons (Fsp3) is 0.625. The lowest BCUT2D eigenvalue weighted by Gasteiger charge is -2.44. The first-order chi connectivity index (χ1) is 15.4. The molecule has 2 aromatic rings. The maximum atomic E-state index is 13.1. The predicted molar refractivity (Wildman–Crippen MR) is 121 cm³/mol. The van der Waals surface area contributed by atoms with Gasteiger partial charge in [0.25, 0.3) is 0 Å². The summed E-state index contributed by atoms with van der Waals surface area (Å²) >= 11 is 0. The number of unbranched alkanes of at least 4 members (excludes halogenated alkanes) is 1. The molecule has 1 unspecified atom stereocenters. The number of aromatic nitrogens is 2. The minimum Gasteiger partial charge on any atom is -0.369 e. The number of aromatic amines is 1. The van der Waals surface area contributed by atoms with Gasteiger partial charge in [0.15, 0.2) is 0 Å². The molecule has 0 bridgehead atoms. The van der Waals surface area contributed by atoms with Gasteiger partial charge in [0.05, 0.1) is 5.56 Å². The summed E-state index contributed by atoms with van der Waals surface area (Å²) in [4.78, 5) is 15.1. The Labute approximate surface area is 188 Å². The van der Waals surface area contributed by atoms with Crippen LogP contribution in [0.4, 0.5) is 18.9 Å². The molecule has 1 aromatic heterocycles. The van der Waals surface area contributed by atoms with Gasteiger partial charge in [-0.05, 0) is 44.0 Å². The summed E-state index contributed by atoms with van der Waals surface area (Å²) in [5, 5.41) is 0. The van der Waals surface area contributed by atoms with E-state index in [9.17, 15) is 13.2 Å². The van der Waals surface area contributed by atoms with Crippen LogP contribution < -0.4 is 4.90 Å². The third-order valence-corrected chi connectivity index (χ3v) is 6.69. The molecule has 2 fully saturated rings. The number of rotatable bonds is 7. The van der Waals surface area contributed by atoms with Gasteiger partial charge in [0.1, 0.15) is 5.82 Å². The molecule has 32 heavy (non-hydrogen) atoms. The first-order valence-electron chi connectivity index (χ1n) is 11.8. The maximum Gasteiger partial charge on any atom is 0.416 e. The first-order valence-corrected chi connectivity index (χ1v) is 11.8. The van der Waals surface area contributed by atoms with Gasteiger partial charge in [0, 0.05) is 69.3 Å². The van der Waals surface area contributed by atoms with E-state index in [-0.39, 0.29) is 0 Å². The molecule has 2 aliphatic rings. The number of alkyl halides is 3. The van der Waals surface area contributed by atoms with Gasteiger partial charge in [-0.15, -0.1) is 0 Å². The van der Waals surface area contributed by atoms with Crippen LogP contribution in [0, 0.1) is 0 Å². The number of nitrogens with one attached hydrogen (secondary N) is 1. The molecule has 2 aliphatic heterocycles. The van der Waals surface area contributed by atoms with Crippen LogP contribution in [-0.4, -0.2) is 65.1 Å². The Morgan fingerprint density at radius 2 is 1.94 bits per heavy atom. The molecule has 0 saturated carbocycles. The molecule has 4 rings (SSSR count). The van der Waals surface area contributed by atoms with Crippen molar-refractivity contribution in [3.8, 4) is 0 Å². The van der Waals surface area contributed by atoms with Crippen LogP contribution in [0.1, 0.15) is 49.7 Å². The predicted octanol–water partition coefficient (Wildman–Crippen LogP) is 4.56. The van der Waals surface area contributed by atoms with E-state index in [0.717, 1.165) is 70.5 Å². The molecule has 5 nitrogen and oxygen atoms in total. The highest BCUT2D eigenvalue weighted by molar-refractivity contribution is 5.49. The number of piperazine rings is 1. The van der Waals surface area contributed by atoms with Crippen LogP contribution >= 0.6 is 0 Å². The highest BCUT2D eigenvalue weighted by Crippen LogP contribution is 2.32. The summed E-state index contributed by atoms with van der Waals surface area (Å²) in [6.45, 7) is 8.53. The van der Waals surface area contributed by atoms with Gasteiger partial charge in [0.2, 0.25) is 0 Å². The summed E-state index contributed by atoms with van der Waals surface area (Å²) in [7, 11) is 0. The SMILES string of the molecule is CCCCc1ncc(CN2CCCC(N3CCN(c4cccc(C(F)(F)F)c4)CC3)C2)[nH]1. The lowest BCUT2D eigenvalue weighted by atomic mass is 10.0. The molecule has 2 saturated heterocycles. The monoisotopic (exact) mass is 449 g/mol. The zero-order valence-corrected chi connectivity index (χ0v) is 18.9. The number of anilines is 1. The van der Waals surface area contributed by atoms with Crippen molar-refractivity contribution >= 4 is 5.69 Å². The summed E-state index contributed by atoms with van der Waals surface area (Å²) in [5.41, 5.74) is 1.28. The average Bonchev–Trinajstić information content (AvgIpc) is 3.24. The minimum absolute atomic E-state index is 0.509. The molecule has 176 valence electrons. The average molecular weight is 450 g/mol. The van der Waals surface area contributed by atoms with Crippen molar-refractivity contribution in [2.24, 2.45) is 0 Å². The molecule has 1 N–H and O–H groups in total. The Bertz CT molecular complexity index is 857. The zero-order valence-electron chi connectivity index (χ0n) is 18.9. The quantitative estimate of drug-likeness (QED) is 0.673. The number of H-pyrrole nitrogens is 1. The number of likely N-dealkylation sites (tertiary alicyclic amines) is 1. The molecule has 0 amide bonds. The van der Waals surface area contributed by atoms with Crippen molar-refractivity contribution < 1.29 is 13.2 Å². The molecule has 0 spiro atoms. The van der Waals surface area contributed by atoms with E-state index in [0.29, 0.717) is 11.7 Å². The number of aryl methyl sites for hydroxylation is 1. The van der Waals surface area contributed by atoms with Gasteiger partial charge < -0.3 is 9.88 Å². The Balaban J connectivity index is 1.29. The number of halogens is 3. The summed E-state index contributed by atoms with van der Waals surface area (Å²) in [6.07, 6.45) is 3.38. The number of hydrogen-bond acceptors (Lipinski definition) is 4. The number of benzene rings is 1. The highest BCUT2D eigenvalue weighted by Gasteiger charge is 2.32. The Morgan fingerprint density at radius 3 is 2.69 bits per heavy atom. The Hall–Kier alpha value is -2.06. The second kappa shape index (κ2) is 10.3. The minimum atomic E-state index is -4.30. The third kappa shape index (κ3) is 5.84. The number of piperidine rings is 1. The van der Waals surface area contributed by atoms with Crippen LogP contribution in [0.2, 0.25) is 0 Å². The van der Waals surface area contributed by atoms with Gasteiger partial charge in [-0.3, -0.25) is 9.80 Å². The van der Waals surface area contributed by atoms with Gasteiger partial charge in [-0.25, -0.2) is 4.98 Å². The molecule has 0 radical (unpaired) electrons. The van der Waals surface area contributed by atoms with E-state index >= 15 is 0 Å². The van der Waals surface area contributed by atoms with Crippen molar-refractivity contribution in [3.63, 3.8) is 0 Å². The maximum absolute atomic E-state index is 13.1. The van der Waals surface area contributed by atoms with Crippen molar-refractivity contribution in [1.29, 1.82) is 0 Å². The van der Waals surface area contributed by atoms with Crippen molar-refractivity contribution in [2.75, 3.05) is 44.2 Å². The first kappa shape index (κ1) is 23.1. The lowest BCUT2D eigenvalue weighted by molar-refractivity contribution is -0.137. The molecular formula is C24H34F3N5. The van der Waals surface area contributed by atoms with E-state index in [2.05, 4.69) is 31.6 Å². The smallest absolute Gasteiger partial charge is 0.369 e. The second-order valence-corrected chi connectivity index (χ2v) is 9.06. The summed E-state index contributed by atoms with van der Waals surface area (Å²) in [5.74, 6) is 1.08. The standard InChI is InChI=1S/C24H34F3N5/c1-2-3-9-23-28-16-20(29-23)17-30-10-5-8-22(18-30)32-13-11-31(12-14-32)21-7-4-6-19(15-21)24(25,26)27/h4,6-7,15-16,22H,2-3,5,8-14,17-18H2,1H3,(H,28,29). The van der Waals surface area contributed by atoms with Crippen LogP contribution in [0.15, 0.2) is 30.5 Å². The van der Waals surface area contributed by atoms with E-state index < -0.39 is 11.7 Å². The van der Waals surface area contributed by atoms with Crippen LogP contribution in [0.25, 0.3) is 0 Å². The largest absolute Gasteiger partial charge is 0.416 e. The molecule has 1 aromatic carbocycles. The number of hydrogen-bond donors (Lipinski definition) is 1. The van der Waals surface area contributed by atoms with Crippen LogP contribution in [0.5, 0.6) is 0 Å². The second-order valence-electron chi connectivity index (χ2n) is 9.06. The van der Waals surface area contributed by atoms with Crippen molar-refractivity contribution in [1.82, 2.24) is 19.8 Å². The number of nitrogens with zero attached hydrogens (tertiary/aromatic N) is 4. The van der Waals surface area contributed by atoms with Crippen LogP contribution in [-0.2, 0) is 19.1 Å². The molecule has 1 atom stereocenters. The van der Waals surface area contributed by atoms with Crippen molar-refractivity contribution in [2.45, 2.75) is 57.8 Å². The van der Waals surface area contributed by atoms with Gasteiger partial charge in [-0.2, -0.15) is 13.2 Å². The van der Waals surface area contributed by atoms with E-state index in [4.69, 9.17) is 0 Å². The van der Waals surface area contributed by atoms with Crippen molar-refractivity contribution in [3.05, 3.63) is 47.5 Å². The number of imidazole rings is 1. The fourth-order valence-corrected chi connectivity index (χ4v) is 4.90. The normalized spacial score (nSPS) is 21.2. The third-order valence-electron chi connectivity index (χ3n) is 6.69. The Morgan fingerprint density at radius 1 is 1.12 bits per heavy atom. The van der Waals surface area contributed by atoms with Crippen LogP contribution in [0.3, 0.4) is 0 Å².